The zero-order valence-electron chi connectivity index (χ0n) is 18.9. The molecule has 2 aliphatic heterocycles. The van der Waals surface area contributed by atoms with Crippen LogP contribution in [0.25, 0.3) is 0 Å². The number of azo groups is 1. The molecule has 2 heterocycles. The zero-order valence-corrected chi connectivity index (χ0v) is 20.8. The number of carbonyl (C=O) groups excluding carboxylic acids is 1. The van der Waals surface area contributed by atoms with Gasteiger partial charge in [-0.2, -0.15) is 10.2 Å². The van der Waals surface area contributed by atoms with Crippen LogP contribution in [-0.4, -0.2) is 30.0 Å². The van der Waals surface area contributed by atoms with Crippen molar-refractivity contribution in [3.8, 4) is 0 Å². The topological polar surface area (TPSA) is 66.6 Å². The smallest absolute Gasteiger partial charge is 0.250 e. The molecular weight excluding hydrogens is 387 g/mol. The molecule has 1 saturated carbocycles. The molecule has 3 aliphatic rings. The quantitative estimate of drug-likeness (QED) is 0.287. The van der Waals surface area contributed by atoms with Crippen LogP contribution >= 0.6 is 8.07 Å². The van der Waals surface area contributed by atoms with Gasteiger partial charge >= 0.3 is 0 Å². The second-order valence-electron chi connectivity index (χ2n) is 10.7. The van der Waals surface area contributed by atoms with Crippen molar-refractivity contribution in [3.63, 3.8) is 0 Å². The first-order valence-corrected chi connectivity index (χ1v) is 14.5. The summed E-state index contributed by atoms with van der Waals surface area (Å²) < 4.78 is 8.54. The highest BCUT2D eigenvalue weighted by atomic mass is 31.1. The molecule has 8 heteroatoms. The lowest BCUT2D eigenvalue weighted by molar-refractivity contribution is -0.124. The van der Waals surface area contributed by atoms with Crippen molar-refractivity contribution >= 4 is 28.0 Å². The third-order valence-electron chi connectivity index (χ3n) is 6.25. The summed E-state index contributed by atoms with van der Waals surface area (Å²) in [5.41, 5.74) is 1.68. The van der Waals surface area contributed by atoms with Crippen molar-refractivity contribution in [3.05, 3.63) is 11.2 Å². The minimum atomic E-state index is -2.07. The van der Waals surface area contributed by atoms with E-state index in [1.807, 2.05) is 0 Å². The monoisotopic (exact) mass is 422 g/mol. The minimum absolute atomic E-state index is 0.0298. The van der Waals surface area contributed by atoms with E-state index in [9.17, 15) is 4.79 Å². The van der Waals surface area contributed by atoms with Crippen LogP contribution in [0.3, 0.4) is 0 Å². The van der Waals surface area contributed by atoms with E-state index in [1.54, 1.807) is 11.7 Å². The van der Waals surface area contributed by atoms with Gasteiger partial charge in [0.1, 0.15) is 19.3 Å². The van der Waals surface area contributed by atoms with E-state index in [2.05, 4.69) is 54.6 Å². The number of hydrazone groups is 1. The summed E-state index contributed by atoms with van der Waals surface area (Å²) in [5, 5.41) is 13.9. The number of nitrogens with zero attached hydrogens (tertiary/aromatic N) is 4. The van der Waals surface area contributed by atoms with Gasteiger partial charge in [-0.25, -0.2) is 4.78 Å². The summed E-state index contributed by atoms with van der Waals surface area (Å²) in [7, 11) is -3.18. The fraction of sp³-hybridized carbons (Fsp3) is 0.800. The number of hydrogen-bond acceptors (Lipinski definition) is 5. The van der Waals surface area contributed by atoms with Gasteiger partial charge < -0.3 is 4.43 Å². The van der Waals surface area contributed by atoms with Crippen LogP contribution in [0.4, 0.5) is 0 Å². The molecule has 0 aromatic carbocycles. The molecule has 1 fully saturated rings. The Kier molecular flexibility index (Phi) is 5.20. The molecular formula is C20H35N4O2PSi. The highest BCUT2D eigenvalue weighted by Gasteiger charge is 2.60. The van der Waals surface area contributed by atoms with Crippen molar-refractivity contribution in [1.29, 1.82) is 0 Å². The van der Waals surface area contributed by atoms with Crippen LogP contribution in [0, 0.1) is 5.41 Å². The fourth-order valence-electron chi connectivity index (χ4n) is 3.57. The number of hydrogen-bond donors (Lipinski definition) is 0. The molecule has 3 rings (SSSR count). The Morgan fingerprint density at radius 3 is 2.36 bits per heavy atom. The second-order valence-corrected chi connectivity index (χ2v) is 17.5. The first-order valence-electron chi connectivity index (χ1n) is 10.3. The van der Waals surface area contributed by atoms with Crippen LogP contribution in [-0.2, 0) is 9.22 Å². The Balaban J connectivity index is 2.14. The molecule has 0 radical (unpaired) electrons. The predicted octanol–water partition coefficient (Wildman–Crippen LogP) is 6.57. The van der Waals surface area contributed by atoms with Crippen molar-refractivity contribution in [2.75, 3.05) is 0 Å². The third-order valence-corrected chi connectivity index (χ3v) is 13.3. The van der Waals surface area contributed by atoms with Gasteiger partial charge in [-0.05, 0) is 43.8 Å². The summed E-state index contributed by atoms with van der Waals surface area (Å²) in [6.45, 7) is 19.3. The number of amides is 1. The lowest BCUT2D eigenvalue weighted by Gasteiger charge is -2.41. The fourth-order valence-corrected chi connectivity index (χ4v) is 7.80. The zero-order chi connectivity index (χ0) is 21.1. The molecule has 6 nitrogen and oxygen atoms in total. The van der Waals surface area contributed by atoms with Crippen LogP contribution in [0.15, 0.2) is 26.5 Å². The molecule has 0 saturated heterocycles. The van der Waals surface area contributed by atoms with E-state index in [0.717, 1.165) is 42.6 Å². The summed E-state index contributed by atoms with van der Waals surface area (Å²) in [5.74, 6) is 0.872. The Labute approximate surface area is 171 Å². The van der Waals surface area contributed by atoms with Gasteiger partial charge in [-0.3, -0.25) is 4.79 Å². The summed E-state index contributed by atoms with van der Waals surface area (Å²) >= 11 is 0. The van der Waals surface area contributed by atoms with Crippen LogP contribution in [0.2, 0.25) is 18.1 Å². The SMILES string of the molecule is CC(=O)N1N=C2CCCC[C@]23N=N/C(=C(\O[Si](C)(C)C(C)(C)C)C(C)(C)C)P13. The summed E-state index contributed by atoms with van der Waals surface area (Å²) in [6, 6.07) is 0. The van der Waals surface area contributed by atoms with Gasteiger partial charge in [-0.1, -0.05) is 41.5 Å². The van der Waals surface area contributed by atoms with Crippen LogP contribution in [0.5, 0.6) is 0 Å². The highest BCUT2D eigenvalue weighted by Crippen LogP contribution is 2.72. The molecule has 1 amide bonds. The Bertz CT molecular complexity index is 776. The third kappa shape index (κ3) is 3.39. The van der Waals surface area contributed by atoms with Crippen molar-refractivity contribution < 1.29 is 9.22 Å². The maximum absolute atomic E-state index is 12.5. The molecule has 0 N–H and O–H groups in total. The molecule has 28 heavy (non-hydrogen) atoms. The lowest BCUT2D eigenvalue weighted by atomic mass is 9.93. The molecule has 0 aromatic rings. The Morgan fingerprint density at radius 1 is 1.18 bits per heavy atom. The van der Waals surface area contributed by atoms with Crippen molar-refractivity contribution in [1.82, 2.24) is 4.78 Å². The minimum Gasteiger partial charge on any atom is -0.544 e. The Hall–Kier alpha value is -1.07. The average molecular weight is 423 g/mol. The maximum atomic E-state index is 12.5. The summed E-state index contributed by atoms with van der Waals surface area (Å²) in [4.78, 5) is 12.5. The predicted molar refractivity (Wildman–Crippen MR) is 118 cm³/mol. The first-order chi connectivity index (χ1) is 12.7. The number of rotatable bonds is 2. The average Bonchev–Trinajstić information content (AvgIpc) is 3.04. The standard InChI is InChI=1S/C20H35N4O2PSi/c1-14(25)24-22-15-12-10-11-13-20(15)23-21-17(27(20)24)16(18(2,3)4)26-28(8,9)19(5,6)7/h10-13H2,1-9H3/b17-16+/t20-,27?/m1/s1. The lowest BCUT2D eigenvalue weighted by Crippen LogP contribution is -2.42. The highest BCUT2D eigenvalue weighted by molar-refractivity contribution is 7.63. The molecule has 1 aliphatic carbocycles. The van der Waals surface area contributed by atoms with Gasteiger partial charge in [-0.15, -0.1) is 5.11 Å². The summed E-state index contributed by atoms with van der Waals surface area (Å²) in [6.07, 6.45) is 4.04. The van der Waals surface area contributed by atoms with Crippen molar-refractivity contribution in [2.45, 2.75) is 97.6 Å². The van der Waals surface area contributed by atoms with Crippen LogP contribution < -0.4 is 0 Å². The number of allylic oxidation sites excluding steroid dienone is 1. The van der Waals surface area contributed by atoms with E-state index in [-0.39, 0.29) is 16.4 Å². The Morgan fingerprint density at radius 2 is 1.82 bits per heavy atom. The molecule has 1 unspecified atom stereocenters. The maximum Gasteiger partial charge on any atom is 0.250 e. The van der Waals surface area contributed by atoms with Gasteiger partial charge in [0.05, 0.1) is 5.71 Å². The van der Waals surface area contributed by atoms with Crippen molar-refractivity contribution in [2.24, 2.45) is 20.7 Å². The van der Waals surface area contributed by atoms with Gasteiger partial charge in [0.2, 0.25) is 14.2 Å². The molecule has 156 valence electrons. The molecule has 2 atom stereocenters. The van der Waals surface area contributed by atoms with E-state index in [4.69, 9.17) is 19.8 Å². The largest absolute Gasteiger partial charge is 0.544 e. The van der Waals surface area contributed by atoms with Gasteiger partial charge in [0.15, 0.2) is 5.28 Å². The normalized spacial score (nSPS) is 29.4. The van der Waals surface area contributed by atoms with Crippen LogP contribution in [0.1, 0.15) is 74.1 Å². The van der Waals surface area contributed by atoms with Gasteiger partial charge in [0.25, 0.3) is 0 Å². The van der Waals surface area contributed by atoms with E-state index >= 15 is 0 Å². The molecule has 0 aromatic heterocycles. The first kappa shape index (κ1) is 21.6. The molecule has 0 bridgehead atoms. The van der Waals surface area contributed by atoms with E-state index in [0.29, 0.717) is 0 Å². The van der Waals surface area contributed by atoms with E-state index in [1.165, 1.54) is 0 Å². The second kappa shape index (κ2) is 6.73. The number of carbonyl (C=O) groups is 1. The van der Waals surface area contributed by atoms with Gasteiger partial charge in [0, 0.05) is 12.3 Å². The van der Waals surface area contributed by atoms with E-state index < -0.39 is 21.7 Å². The molecule has 1 spiro atoms.